The van der Waals surface area contributed by atoms with Crippen molar-refractivity contribution in [1.82, 2.24) is 5.32 Å². The minimum Gasteiger partial charge on any atom is -0.357 e. The standard InChI is InChI=1S/C3H8N3O2PS/c4-9(5,7)8-3-6-1-2-10-3/h1-3,6H,(H4,4,5,7). The van der Waals surface area contributed by atoms with Gasteiger partial charge in [0.1, 0.15) is 0 Å². The number of thioether (sulfide) groups is 1. The van der Waals surface area contributed by atoms with Gasteiger partial charge in [-0.15, -0.1) is 0 Å². The van der Waals surface area contributed by atoms with E-state index in [4.69, 9.17) is 15.5 Å². The Morgan fingerprint density at radius 1 is 1.70 bits per heavy atom. The van der Waals surface area contributed by atoms with Crippen LogP contribution in [0.2, 0.25) is 0 Å². The molecule has 0 saturated carbocycles. The quantitative estimate of drug-likeness (QED) is 0.524. The predicted molar refractivity (Wildman–Crippen MR) is 40.7 cm³/mol. The Kier molecular flexibility index (Phi) is 2.38. The van der Waals surface area contributed by atoms with Gasteiger partial charge >= 0.3 is 7.67 Å². The molecule has 0 spiro atoms. The van der Waals surface area contributed by atoms with Crippen LogP contribution in [0.4, 0.5) is 0 Å². The normalized spacial score (nSPS) is 24.8. The summed E-state index contributed by atoms with van der Waals surface area (Å²) in [5.74, 6) is 0. The molecule has 10 heavy (non-hydrogen) atoms. The van der Waals surface area contributed by atoms with E-state index in [2.05, 4.69) is 5.32 Å². The molecule has 0 aromatic heterocycles. The summed E-state index contributed by atoms with van der Waals surface area (Å²) < 4.78 is 15.3. The van der Waals surface area contributed by atoms with Crippen molar-refractivity contribution in [2.75, 3.05) is 0 Å². The molecule has 1 heterocycles. The monoisotopic (exact) mass is 181 g/mol. The topological polar surface area (TPSA) is 90.4 Å². The van der Waals surface area contributed by atoms with Gasteiger partial charge in [-0.2, -0.15) is 0 Å². The first-order valence-corrected chi connectivity index (χ1v) is 5.21. The van der Waals surface area contributed by atoms with Crippen molar-refractivity contribution in [1.29, 1.82) is 0 Å². The van der Waals surface area contributed by atoms with Crippen molar-refractivity contribution in [2.24, 2.45) is 11.0 Å². The van der Waals surface area contributed by atoms with Crippen molar-refractivity contribution >= 4 is 19.4 Å². The molecule has 1 unspecified atom stereocenters. The zero-order valence-electron chi connectivity index (χ0n) is 5.06. The highest BCUT2D eigenvalue weighted by Crippen LogP contribution is 2.33. The lowest BCUT2D eigenvalue weighted by atomic mass is 11.0. The van der Waals surface area contributed by atoms with Crippen LogP contribution in [0.15, 0.2) is 11.6 Å². The number of nitrogens with one attached hydrogen (secondary N) is 1. The van der Waals surface area contributed by atoms with E-state index in [0.29, 0.717) is 0 Å². The Morgan fingerprint density at radius 3 is 2.80 bits per heavy atom. The molecule has 1 rings (SSSR count). The minimum absolute atomic E-state index is 0.402. The van der Waals surface area contributed by atoms with E-state index in [1.54, 1.807) is 11.6 Å². The first kappa shape index (κ1) is 8.10. The molecule has 0 amide bonds. The lowest BCUT2D eigenvalue weighted by Crippen LogP contribution is -2.22. The molecule has 7 heteroatoms. The minimum atomic E-state index is -3.34. The Bertz CT molecular complexity index is 182. The van der Waals surface area contributed by atoms with Gasteiger partial charge in [0.15, 0.2) is 5.56 Å². The van der Waals surface area contributed by atoms with Crippen LogP contribution in [-0.4, -0.2) is 5.56 Å². The second-order valence-corrected chi connectivity index (χ2v) is 4.16. The van der Waals surface area contributed by atoms with Crippen LogP contribution < -0.4 is 16.3 Å². The van der Waals surface area contributed by atoms with Crippen molar-refractivity contribution < 1.29 is 9.09 Å². The molecule has 0 radical (unpaired) electrons. The van der Waals surface area contributed by atoms with Crippen molar-refractivity contribution in [3.05, 3.63) is 11.6 Å². The van der Waals surface area contributed by atoms with Crippen LogP contribution in [0, 0.1) is 0 Å². The second kappa shape index (κ2) is 2.94. The van der Waals surface area contributed by atoms with E-state index >= 15 is 0 Å². The number of rotatable bonds is 2. The van der Waals surface area contributed by atoms with Gasteiger partial charge in [-0.05, 0) is 5.41 Å². The smallest absolute Gasteiger partial charge is 0.338 e. The molecule has 0 saturated heterocycles. The third-order valence-corrected chi connectivity index (χ3v) is 2.22. The molecule has 0 aromatic rings. The van der Waals surface area contributed by atoms with Crippen molar-refractivity contribution in [3.8, 4) is 0 Å². The maximum Gasteiger partial charge on any atom is 0.338 e. The maximum absolute atomic E-state index is 10.6. The lowest BCUT2D eigenvalue weighted by Gasteiger charge is -2.13. The fraction of sp³-hybridized carbons (Fsp3) is 0.333. The van der Waals surface area contributed by atoms with Crippen LogP contribution in [0.1, 0.15) is 0 Å². The van der Waals surface area contributed by atoms with E-state index in [1.807, 2.05) is 0 Å². The van der Waals surface area contributed by atoms with E-state index in [-0.39, 0.29) is 0 Å². The van der Waals surface area contributed by atoms with Gasteiger partial charge in [0, 0.05) is 6.20 Å². The van der Waals surface area contributed by atoms with Crippen molar-refractivity contribution in [3.63, 3.8) is 0 Å². The molecule has 1 aliphatic rings. The van der Waals surface area contributed by atoms with Crippen LogP contribution in [0.5, 0.6) is 0 Å². The summed E-state index contributed by atoms with van der Waals surface area (Å²) in [6, 6.07) is 0. The van der Waals surface area contributed by atoms with Gasteiger partial charge in [0.25, 0.3) is 0 Å². The third kappa shape index (κ3) is 2.72. The summed E-state index contributed by atoms with van der Waals surface area (Å²) in [7, 11) is -3.34. The average molecular weight is 181 g/mol. The largest absolute Gasteiger partial charge is 0.357 e. The van der Waals surface area contributed by atoms with Crippen LogP contribution in [-0.2, 0) is 9.09 Å². The molecular weight excluding hydrogens is 173 g/mol. The molecule has 0 aliphatic carbocycles. The van der Waals surface area contributed by atoms with Crippen LogP contribution in [0.3, 0.4) is 0 Å². The fourth-order valence-corrected chi connectivity index (χ4v) is 1.89. The number of hydrogen-bond acceptors (Lipinski definition) is 4. The van der Waals surface area contributed by atoms with Gasteiger partial charge in [-0.25, -0.2) is 11.0 Å². The second-order valence-electron chi connectivity index (χ2n) is 1.69. The van der Waals surface area contributed by atoms with E-state index in [9.17, 15) is 4.57 Å². The number of hydrogen-bond donors (Lipinski definition) is 3. The van der Waals surface area contributed by atoms with Gasteiger partial charge < -0.3 is 5.32 Å². The van der Waals surface area contributed by atoms with E-state index in [0.717, 1.165) is 0 Å². The molecular formula is C3H8N3O2PS. The Morgan fingerprint density at radius 2 is 2.40 bits per heavy atom. The van der Waals surface area contributed by atoms with Crippen LogP contribution >= 0.6 is 19.4 Å². The highest BCUT2D eigenvalue weighted by Gasteiger charge is 2.18. The zero-order chi connectivity index (χ0) is 7.61. The van der Waals surface area contributed by atoms with Gasteiger partial charge in [0.2, 0.25) is 0 Å². The Labute approximate surface area is 62.7 Å². The predicted octanol–water partition coefficient (Wildman–Crippen LogP) is 0.120. The summed E-state index contributed by atoms with van der Waals surface area (Å²) in [6.45, 7) is 0. The fourth-order valence-electron chi connectivity index (χ4n) is 0.473. The molecule has 1 aliphatic heterocycles. The Balaban J connectivity index is 2.33. The first-order chi connectivity index (χ1) is 4.58. The summed E-state index contributed by atoms with van der Waals surface area (Å²) >= 11 is 1.32. The summed E-state index contributed by atoms with van der Waals surface area (Å²) in [4.78, 5) is 0. The Hall–Kier alpha value is 0. The SMILES string of the molecule is NP(N)(=O)OC1NC=CS1. The molecule has 1 atom stereocenters. The molecule has 58 valence electrons. The van der Waals surface area contributed by atoms with Crippen molar-refractivity contribution in [2.45, 2.75) is 5.56 Å². The van der Waals surface area contributed by atoms with Crippen LogP contribution in [0.25, 0.3) is 0 Å². The van der Waals surface area contributed by atoms with Gasteiger partial charge in [0.05, 0.1) is 0 Å². The summed E-state index contributed by atoms with van der Waals surface area (Å²) in [5.41, 5.74) is 9.49. The molecule has 5 nitrogen and oxygen atoms in total. The molecule has 0 bridgehead atoms. The van der Waals surface area contributed by atoms with Gasteiger partial charge in [-0.1, -0.05) is 11.8 Å². The average Bonchev–Trinajstić information content (AvgIpc) is 2.12. The third-order valence-electron chi connectivity index (χ3n) is 0.763. The van der Waals surface area contributed by atoms with E-state index in [1.165, 1.54) is 11.8 Å². The summed E-state index contributed by atoms with van der Waals surface area (Å²) in [5, 5.41) is 4.51. The number of nitrogens with two attached hydrogens (primary N) is 2. The molecule has 0 aromatic carbocycles. The molecule has 5 N–H and O–H groups in total. The highest BCUT2D eigenvalue weighted by atomic mass is 32.2. The van der Waals surface area contributed by atoms with E-state index < -0.39 is 13.2 Å². The molecule has 0 fully saturated rings. The van der Waals surface area contributed by atoms with Gasteiger partial charge in [-0.3, -0.25) is 9.09 Å². The zero-order valence-corrected chi connectivity index (χ0v) is 6.77. The highest BCUT2D eigenvalue weighted by molar-refractivity contribution is 8.02. The summed E-state index contributed by atoms with van der Waals surface area (Å²) in [6.07, 6.45) is 1.67. The first-order valence-electron chi connectivity index (χ1n) is 2.50. The maximum atomic E-state index is 10.6. The lowest BCUT2D eigenvalue weighted by molar-refractivity contribution is 0.272.